The van der Waals surface area contributed by atoms with Gasteiger partial charge in [0.05, 0.1) is 26.4 Å². The molecular weight excluding hydrogens is 287 g/mol. The Kier molecular flexibility index (Phi) is 4.31. The Morgan fingerprint density at radius 1 is 1.32 bits per heavy atom. The van der Waals surface area contributed by atoms with E-state index in [-0.39, 0.29) is 17.7 Å². The van der Waals surface area contributed by atoms with Gasteiger partial charge in [0, 0.05) is 31.1 Å². The first-order valence-corrected chi connectivity index (χ1v) is 7.49. The fourth-order valence-electron chi connectivity index (χ4n) is 3.19. The number of fused-ring (bicyclic) bond motifs is 3. The molecule has 0 N–H and O–H groups in total. The third-order valence-electron chi connectivity index (χ3n) is 4.43. The summed E-state index contributed by atoms with van der Waals surface area (Å²) in [6, 6.07) is 4.47. The lowest BCUT2D eigenvalue weighted by Crippen LogP contribution is -2.44. The van der Waals surface area contributed by atoms with Crippen molar-refractivity contribution in [3.63, 3.8) is 0 Å². The largest absolute Gasteiger partial charge is 0.494 e. The highest BCUT2D eigenvalue weighted by molar-refractivity contribution is 5.94. The molecule has 2 aliphatic rings. The van der Waals surface area contributed by atoms with Crippen molar-refractivity contribution in [3.05, 3.63) is 29.6 Å². The monoisotopic (exact) mass is 308 g/mol. The van der Waals surface area contributed by atoms with Crippen molar-refractivity contribution in [1.82, 2.24) is 9.80 Å². The van der Waals surface area contributed by atoms with E-state index < -0.39 is 5.82 Å². The molecule has 2 atom stereocenters. The van der Waals surface area contributed by atoms with Gasteiger partial charge in [0.25, 0.3) is 5.91 Å². The van der Waals surface area contributed by atoms with Crippen molar-refractivity contribution in [2.45, 2.75) is 6.04 Å². The zero-order chi connectivity index (χ0) is 15.7. The lowest BCUT2D eigenvalue weighted by Gasteiger charge is -2.29. The molecule has 6 heteroatoms. The van der Waals surface area contributed by atoms with Crippen molar-refractivity contribution < 1.29 is 18.7 Å². The molecule has 0 spiro atoms. The van der Waals surface area contributed by atoms with Crippen molar-refractivity contribution in [3.8, 4) is 5.75 Å². The maximum Gasteiger partial charge on any atom is 0.254 e. The first-order chi connectivity index (χ1) is 10.6. The molecule has 1 amide bonds. The van der Waals surface area contributed by atoms with Gasteiger partial charge in [0.2, 0.25) is 0 Å². The van der Waals surface area contributed by atoms with Crippen LogP contribution in [0, 0.1) is 11.7 Å². The minimum Gasteiger partial charge on any atom is -0.494 e. The smallest absolute Gasteiger partial charge is 0.254 e. The van der Waals surface area contributed by atoms with Crippen LogP contribution in [0.4, 0.5) is 4.39 Å². The van der Waals surface area contributed by atoms with Crippen LogP contribution in [-0.2, 0) is 4.74 Å². The number of rotatable bonds is 2. The number of likely N-dealkylation sites (N-methyl/N-ethyl adjacent to an activating group) is 1. The standard InChI is InChI=1S/C16H21FN2O3/c1-18-6-11-7-19(8-13(18)10-22-9-11)16(20)12-3-4-14(17)15(5-12)21-2/h3-5,11,13H,6-10H2,1-2H3/t11-,13+/m1/s1. The molecule has 3 rings (SSSR count). The highest BCUT2D eigenvalue weighted by atomic mass is 19.1. The summed E-state index contributed by atoms with van der Waals surface area (Å²) in [6.45, 7) is 3.55. The molecular formula is C16H21FN2O3. The number of hydrogen-bond donors (Lipinski definition) is 0. The highest BCUT2D eigenvalue weighted by Gasteiger charge is 2.33. The van der Waals surface area contributed by atoms with Gasteiger partial charge in [-0.25, -0.2) is 4.39 Å². The SMILES string of the molecule is COc1cc(C(=O)N2C[C@@H]3COC[C@H](C2)N(C)C3)ccc1F. The number of carbonyl (C=O) groups excluding carboxylic acids is 1. The maximum atomic E-state index is 13.5. The summed E-state index contributed by atoms with van der Waals surface area (Å²) in [7, 11) is 3.47. The zero-order valence-electron chi connectivity index (χ0n) is 12.9. The molecule has 22 heavy (non-hydrogen) atoms. The summed E-state index contributed by atoms with van der Waals surface area (Å²) in [5.74, 6) is -0.129. The van der Waals surface area contributed by atoms with Crippen LogP contribution in [0.2, 0.25) is 0 Å². The number of amides is 1. The average molecular weight is 308 g/mol. The lowest BCUT2D eigenvalue weighted by atomic mass is 10.1. The Balaban J connectivity index is 1.82. The normalized spacial score (nSPS) is 25.7. The van der Waals surface area contributed by atoms with Crippen molar-refractivity contribution in [2.24, 2.45) is 5.92 Å². The Hall–Kier alpha value is -1.66. The van der Waals surface area contributed by atoms with Crippen LogP contribution in [0.5, 0.6) is 5.75 Å². The Morgan fingerprint density at radius 2 is 2.14 bits per heavy atom. The number of hydrogen-bond acceptors (Lipinski definition) is 4. The van der Waals surface area contributed by atoms with E-state index in [1.165, 1.54) is 25.3 Å². The predicted molar refractivity (Wildman–Crippen MR) is 79.6 cm³/mol. The minimum absolute atomic E-state index is 0.0782. The van der Waals surface area contributed by atoms with Crippen molar-refractivity contribution >= 4 is 5.91 Å². The van der Waals surface area contributed by atoms with Crippen LogP contribution in [0.25, 0.3) is 0 Å². The van der Waals surface area contributed by atoms with E-state index in [2.05, 4.69) is 11.9 Å². The Labute approximate surface area is 129 Å². The number of halogens is 1. The van der Waals surface area contributed by atoms with Gasteiger partial charge in [-0.15, -0.1) is 0 Å². The van der Waals surface area contributed by atoms with Crippen molar-refractivity contribution in [2.75, 3.05) is 47.0 Å². The maximum absolute atomic E-state index is 13.5. The number of benzene rings is 1. The van der Waals surface area contributed by atoms with Gasteiger partial charge in [-0.05, 0) is 25.2 Å². The average Bonchev–Trinajstić information content (AvgIpc) is 2.75. The first-order valence-electron chi connectivity index (χ1n) is 7.49. The second kappa shape index (κ2) is 6.22. The fraction of sp³-hybridized carbons (Fsp3) is 0.562. The molecule has 0 radical (unpaired) electrons. The van der Waals surface area contributed by atoms with E-state index in [0.29, 0.717) is 37.8 Å². The van der Waals surface area contributed by atoms with E-state index in [4.69, 9.17) is 9.47 Å². The predicted octanol–water partition coefficient (Wildman–Crippen LogP) is 1.24. The fourth-order valence-corrected chi connectivity index (χ4v) is 3.19. The number of nitrogens with zero attached hydrogens (tertiary/aromatic N) is 2. The molecule has 1 aromatic rings. The van der Waals surface area contributed by atoms with E-state index >= 15 is 0 Å². The molecule has 120 valence electrons. The van der Waals surface area contributed by atoms with Gasteiger partial charge >= 0.3 is 0 Å². The number of methoxy groups -OCH3 is 1. The van der Waals surface area contributed by atoms with E-state index in [9.17, 15) is 9.18 Å². The van der Waals surface area contributed by atoms with Gasteiger partial charge in [-0.1, -0.05) is 0 Å². The third-order valence-corrected chi connectivity index (χ3v) is 4.43. The quantitative estimate of drug-likeness (QED) is 0.824. The number of carbonyl (C=O) groups is 1. The van der Waals surface area contributed by atoms with E-state index in [1.807, 2.05) is 4.90 Å². The molecule has 2 aliphatic heterocycles. The van der Waals surface area contributed by atoms with Crippen LogP contribution >= 0.6 is 0 Å². The molecule has 2 heterocycles. The van der Waals surface area contributed by atoms with Crippen molar-refractivity contribution in [1.29, 1.82) is 0 Å². The van der Waals surface area contributed by atoms with Crippen LogP contribution in [0.1, 0.15) is 10.4 Å². The summed E-state index contributed by atoms with van der Waals surface area (Å²) in [4.78, 5) is 16.9. The second-order valence-corrected chi connectivity index (χ2v) is 6.06. The highest BCUT2D eigenvalue weighted by Crippen LogP contribution is 2.23. The van der Waals surface area contributed by atoms with Gasteiger partial charge < -0.3 is 14.4 Å². The van der Waals surface area contributed by atoms with E-state index in [0.717, 1.165) is 6.54 Å². The lowest BCUT2D eigenvalue weighted by molar-refractivity contribution is 0.0433. The van der Waals surface area contributed by atoms with Gasteiger partial charge in [-0.3, -0.25) is 9.69 Å². The second-order valence-electron chi connectivity index (χ2n) is 6.06. The molecule has 0 aliphatic carbocycles. The molecule has 0 unspecified atom stereocenters. The Bertz CT molecular complexity index is 566. The van der Waals surface area contributed by atoms with Crippen LogP contribution < -0.4 is 4.74 Å². The first kappa shape index (κ1) is 15.2. The molecule has 1 aromatic carbocycles. The van der Waals surface area contributed by atoms with Gasteiger partial charge in [0.15, 0.2) is 11.6 Å². The topological polar surface area (TPSA) is 42.0 Å². The van der Waals surface area contributed by atoms with Gasteiger partial charge in [-0.2, -0.15) is 0 Å². The summed E-state index contributed by atoms with van der Waals surface area (Å²) < 4.78 is 24.1. The summed E-state index contributed by atoms with van der Waals surface area (Å²) in [5.41, 5.74) is 0.460. The molecule has 0 saturated carbocycles. The summed E-state index contributed by atoms with van der Waals surface area (Å²) >= 11 is 0. The molecule has 2 bridgehead atoms. The molecule has 0 aromatic heterocycles. The number of ether oxygens (including phenoxy) is 2. The van der Waals surface area contributed by atoms with Crippen LogP contribution in [0.15, 0.2) is 18.2 Å². The zero-order valence-corrected chi connectivity index (χ0v) is 12.9. The van der Waals surface area contributed by atoms with Crippen LogP contribution in [0.3, 0.4) is 0 Å². The Morgan fingerprint density at radius 3 is 2.91 bits per heavy atom. The van der Waals surface area contributed by atoms with E-state index in [1.54, 1.807) is 0 Å². The summed E-state index contributed by atoms with van der Waals surface area (Å²) in [6.07, 6.45) is 0. The van der Waals surface area contributed by atoms with Gasteiger partial charge in [0.1, 0.15) is 0 Å². The summed E-state index contributed by atoms with van der Waals surface area (Å²) in [5, 5.41) is 0. The molecule has 5 nitrogen and oxygen atoms in total. The van der Waals surface area contributed by atoms with Crippen LogP contribution in [-0.4, -0.2) is 68.8 Å². The minimum atomic E-state index is -0.458. The molecule has 2 saturated heterocycles. The third kappa shape index (κ3) is 2.94. The molecule has 2 fully saturated rings.